The van der Waals surface area contributed by atoms with Gasteiger partial charge in [0.05, 0.1) is 13.7 Å². The first-order chi connectivity index (χ1) is 10.1. The van der Waals surface area contributed by atoms with Crippen LogP contribution in [-0.4, -0.2) is 29.5 Å². The summed E-state index contributed by atoms with van der Waals surface area (Å²) in [5.74, 6) is 0.697. The molecule has 0 atom stereocenters. The molecule has 1 heterocycles. The van der Waals surface area contributed by atoms with Crippen molar-refractivity contribution in [1.29, 1.82) is 0 Å². The minimum absolute atomic E-state index is 0.0666. The van der Waals surface area contributed by atoms with Gasteiger partial charge in [-0.2, -0.15) is 0 Å². The Morgan fingerprint density at radius 3 is 2.43 bits per heavy atom. The van der Waals surface area contributed by atoms with Gasteiger partial charge in [0.25, 0.3) is 5.91 Å². The molecular formula is C16H20N2O3. The molecule has 2 fully saturated rings. The molecule has 0 radical (unpaired) electrons. The van der Waals surface area contributed by atoms with Gasteiger partial charge in [0.1, 0.15) is 11.3 Å². The summed E-state index contributed by atoms with van der Waals surface area (Å²) < 4.78 is 5.11. The second-order valence-corrected chi connectivity index (χ2v) is 5.81. The number of ether oxygens (including phenoxy) is 1. The molecule has 21 heavy (non-hydrogen) atoms. The summed E-state index contributed by atoms with van der Waals surface area (Å²) in [4.78, 5) is 26.1. The van der Waals surface area contributed by atoms with Crippen LogP contribution in [0, 0.1) is 0 Å². The van der Waals surface area contributed by atoms with Gasteiger partial charge in [0, 0.05) is 0 Å². The fraction of sp³-hybridized carbons (Fsp3) is 0.500. The lowest BCUT2D eigenvalue weighted by atomic mass is 9.82. The van der Waals surface area contributed by atoms with E-state index in [-0.39, 0.29) is 11.9 Å². The third-order valence-electron chi connectivity index (χ3n) is 4.45. The molecule has 3 amide bonds. The van der Waals surface area contributed by atoms with E-state index in [9.17, 15) is 9.59 Å². The van der Waals surface area contributed by atoms with Gasteiger partial charge in [-0.25, -0.2) is 4.79 Å². The standard InChI is InChI=1S/C16H20N2O3/c1-21-13-7-5-12(6-8-13)11-18-14(19)16(17-15(18)20)9-3-2-4-10-16/h5-8H,2-4,9-11H2,1H3,(H,17,20). The predicted molar refractivity (Wildman–Crippen MR) is 77.9 cm³/mol. The highest BCUT2D eigenvalue weighted by Crippen LogP contribution is 2.34. The lowest BCUT2D eigenvalue weighted by molar-refractivity contribution is -0.132. The zero-order valence-corrected chi connectivity index (χ0v) is 12.2. The van der Waals surface area contributed by atoms with Crippen LogP contribution in [0.25, 0.3) is 0 Å². The first kappa shape index (κ1) is 13.9. The largest absolute Gasteiger partial charge is 0.497 e. The number of methoxy groups -OCH3 is 1. The highest BCUT2D eigenvalue weighted by Gasteiger charge is 2.51. The molecule has 3 rings (SSSR count). The molecule has 1 saturated heterocycles. The highest BCUT2D eigenvalue weighted by molar-refractivity contribution is 6.07. The second kappa shape index (κ2) is 5.39. The Bertz CT molecular complexity index is 547. The fourth-order valence-electron chi connectivity index (χ4n) is 3.23. The molecule has 1 aromatic rings. The van der Waals surface area contributed by atoms with Crippen molar-refractivity contribution < 1.29 is 14.3 Å². The van der Waals surface area contributed by atoms with E-state index < -0.39 is 5.54 Å². The quantitative estimate of drug-likeness (QED) is 0.869. The molecule has 112 valence electrons. The van der Waals surface area contributed by atoms with Crippen LogP contribution in [0.1, 0.15) is 37.7 Å². The van der Waals surface area contributed by atoms with E-state index in [0.717, 1.165) is 43.4 Å². The maximum Gasteiger partial charge on any atom is 0.325 e. The SMILES string of the molecule is COc1ccc(CN2C(=O)NC3(CCCCC3)C2=O)cc1. The van der Waals surface area contributed by atoms with Gasteiger partial charge in [-0.1, -0.05) is 31.4 Å². The van der Waals surface area contributed by atoms with Crippen LogP contribution in [0.15, 0.2) is 24.3 Å². The van der Waals surface area contributed by atoms with Crippen LogP contribution in [0.3, 0.4) is 0 Å². The molecule has 0 aromatic heterocycles. The van der Waals surface area contributed by atoms with E-state index in [4.69, 9.17) is 4.74 Å². The van der Waals surface area contributed by atoms with Gasteiger partial charge in [0.15, 0.2) is 0 Å². The zero-order valence-electron chi connectivity index (χ0n) is 12.2. The number of carbonyl (C=O) groups excluding carboxylic acids is 2. The lowest BCUT2D eigenvalue weighted by Crippen LogP contribution is -2.48. The van der Waals surface area contributed by atoms with Crippen molar-refractivity contribution in [2.24, 2.45) is 0 Å². The Kier molecular flexibility index (Phi) is 3.57. The van der Waals surface area contributed by atoms with E-state index >= 15 is 0 Å². The third-order valence-corrected chi connectivity index (χ3v) is 4.45. The minimum Gasteiger partial charge on any atom is -0.497 e. The highest BCUT2D eigenvalue weighted by atomic mass is 16.5. The summed E-state index contributed by atoms with van der Waals surface area (Å²) in [7, 11) is 1.61. The van der Waals surface area contributed by atoms with Crippen LogP contribution in [0.2, 0.25) is 0 Å². The number of hydrogen-bond donors (Lipinski definition) is 1. The summed E-state index contributed by atoms with van der Waals surface area (Å²) in [5, 5.41) is 2.92. The Labute approximate surface area is 124 Å². The van der Waals surface area contributed by atoms with Crippen LogP contribution < -0.4 is 10.1 Å². The molecule has 1 aromatic carbocycles. The van der Waals surface area contributed by atoms with Crippen LogP contribution in [-0.2, 0) is 11.3 Å². The maximum absolute atomic E-state index is 12.6. The van der Waals surface area contributed by atoms with Crippen molar-refractivity contribution in [2.75, 3.05) is 7.11 Å². The number of urea groups is 1. The number of rotatable bonds is 3. The van der Waals surface area contributed by atoms with Crippen molar-refractivity contribution in [3.63, 3.8) is 0 Å². The number of carbonyl (C=O) groups is 2. The Hall–Kier alpha value is -2.04. The molecule has 1 spiro atoms. The average Bonchev–Trinajstić information content (AvgIpc) is 2.73. The van der Waals surface area contributed by atoms with Crippen molar-refractivity contribution in [3.05, 3.63) is 29.8 Å². The molecular weight excluding hydrogens is 268 g/mol. The van der Waals surface area contributed by atoms with Gasteiger partial charge >= 0.3 is 6.03 Å². The number of nitrogens with zero attached hydrogens (tertiary/aromatic N) is 1. The average molecular weight is 288 g/mol. The van der Waals surface area contributed by atoms with Crippen LogP contribution >= 0.6 is 0 Å². The molecule has 1 saturated carbocycles. The van der Waals surface area contributed by atoms with E-state index in [1.54, 1.807) is 7.11 Å². The summed E-state index contributed by atoms with van der Waals surface area (Å²) >= 11 is 0. The fourth-order valence-corrected chi connectivity index (χ4v) is 3.23. The molecule has 0 bridgehead atoms. The van der Waals surface area contributed by atoms with E-state index in [1.807, 2.05) is 24.3 Å². The summed E-state index contributed by atoms with van der Waals surface area (Å²) in [6.07, 6.45) is 4.67. The Morgan fingerprint density at radius 1 is 1.14 bits per heavy atom. The van der Waals surface area contributed by atoms with Gasteiger partial charge in [-0.15, -0.1) is 0 Å². The topological polar surface area (TPSA) is 58.6 Å². The Morgan fingerprint density at radius 2 is 1.81 bits per heavy atom. The zero-order chi connectivity index (χ0) is 14.9. The summed E-state index contributed by atoms with van der Waals surface area (Å²) in [6, 6.07) is 7.17. The monoisotopic (exact) mass is 288 g/mol. The Balaban J connectivity index is 1.75. The number of benzene rings is 1. The van der Waals surface area contributed by atoms with Crippen LogP contribution in [0.5, 0.6) is 5.75 Å². The molecule has 0 unspecified atom stereocenters. The molecule has 1 N–H and O–H groups in total. The molecule has 5 nitrogen and oxygen atoms in total. The lowest BCUT2D eigenvalue weighted by Gasteiger charge is -2.30. The normalized spacial score (nSPS) is 20.7. The molecule has 1 aliphatic heterocycles. The molecule has 2 aliphatic rings. The van der Waals surface area contributed by atoms with E-state index in [1.165, 1.54) is 4.90 Å². The van der Waals surface area contributed by atoms with Gasteiger partial charge < -0.3 is 10.1 Å². The summed E-state index contributed by atoms with van der Waals surface area (Å²) in [5.41, 5.74) is 0.286. The number of nitrogens with one attached hydrogen (secondary N) is 1. The third kappa shape index (κ3) is 2.48. The van der Waals surface area contributed by atoms with Gasteiger partial charge in [0.2, 0.25) is 0 Å². The van der Waals surface area contributed by atoms with Gasteiger partial charge in [-0.3, -0.25) is 9.69 Å². The van der Waals surface area contributed by atoms with Crippen molar-refractivity contribution >= 4 is 11.9 Å². The van der Waals surface area contributed by atoms with E-state index in [2.05, 4.69) is 5.32 Å². The van der Waals surface area contributed by atoms with Crippen LogP contribution in [0.4, 0.5) is 4.79 Å². The second-order valence-electron chi connectivity index (χ2n) is 5.81. The van der Waals surface area contributed by atoms with Crippen molar-refractivity contribution in [3.8, 4) is 5.75 Å². The first-order valence-corrected chi connectivity index (χ1v) is 7.42. The minimum atomic E-state index is -0.637. The first-order valence-electron chi connectivity index (χ1n) is 7.42. The maximum atomic E-state index is 12.6. The molecule has 1 aliphatic carbocycles. The summed E-state index contributed by atoms with van der Waals surface area (Å²) in [6.45, 7) is 0.316. The van der Waals surface area contributed by atoms with Crippen molar-refractivity contribution in [1.82, 2.24) is 10.2 Å². The van der Waals surface area contributed by atoms with Crippen molar-refractivity contribution in [2.45, 2.75) is 44.2 Å². The predicted octanol–water partition coefficient (Wildman–Crippen LogP) is 2.45. The van der Waals surface area contributed by atoms with Gasteiger partial charge in [-0.05, 0) is 30.5 Å². The molecule has 5 heteroatoms. The smallest absolute Gasteiger partial charge is 0.325 e. The number of imide groups is 1. The van der Waals surface area contributed by atoms with E-state index in [0.29, 0.717) is 6.54 Å². The number of hydrogen-bond acceptors (Lipinski definition) is 3. The number of amides is 3.